The zero-order valence-corrected chi connectivity index (χ0v) is 17.3. The van der Waals surface area contributed by atoms with Gasteiger partial charge in [0.1, 0.15) is 0 Å². The molecule has 0 fully saturated rings. The molecule has 1 aromatic rings. The second kappa shape index (κ2) is 11.8. The summed E-state index contributed by atoms with van der Waals surface area (Å²) in [5, 5.41) is 0. The molecule has 0 aliphatic heterocycles. The van der Waals surface area contributed by atoms with Gasteiger partial charge in [-0.25, -0.2) is 0 Å². The zero-order valence-electron chi connectivity index (χ0n) is 17.3. The molecular weight excluding hydrogens is 336 g/mol. The van der Waals surface area contributed by atoms with Crippen LogP contribution in [0.2, 0.25) is 0 Å². The fourth-order valence-corrected chi connectivity index (χ4v) is 3.32. The van der Waals surface area contributed by atoms with Gasteiger partial charge in [-0.15, -0.1) is 0 Å². The van der Waals surface area contributed by atoms with Gasteiger partial charge in [0.15, 0.2) is 0 Å². The van der Waals surface area contributed by atoms with Crippen LogP contribution in [0.15, 0.2) is 126 Å². The molecule has 0 radical (unpaired) electrons. The maximum absolute atomic E-state index is 4.04. The van der Waals surface area contributed by atoms with Gasteiger partial charge in [0.25, 0.3) is 0 Å². The Hall–Kier alpha value is -2.86. The average molecular weight is 369 g/mol. The Labute approximate surface area is 171 Å². The fourth-order valence-electron chi connectivity index (χ4n) is 3.32. The Morgan fingerprint density at radius 2 is 1.46 bits per heavy atom. The van der Waals surface area contributed by atoms with Crippen LogP contribution in [-0.2, 0) is 6.42 Å². The van der Waals surface area contributed by atoms with E-state index in [4.69, 9.17) is 0 Å². The van der Waals surface area contributed by atoms with Crippen molar-refractivity contribution in [3.63, 3.8) is 0 Å². The van der Waals surface area contributed by atoms with E-state index in [0.717, 1.165) is 36.8 Å². The number of rotatable bonds is 9. The Balaban J connectivity index is 2.14. The van der Waals surface area contributed by atoms with Gasteiger partial charge < -0.3 is 0 Å². The third-order valence-corrected chi connectivity index (χ3v) is 4.91. The molecular formula is C28H32. The molecule has 0 aromatic heterocycles. The summed E-state index contributed by atoms with van der Waals surface area (Å²) in [6.45, 7) is 12.4. The molecule has 0 unspecified atom stereocenters. The van der Waals surface area contributed by atoms with Crippen LogP contribution in [0.25, 0.3) is 0 Å². The summed E-state index contributed by atoms with van der Waals surface area (Å²) in [5.74, 6) is 0. The molecule has 1 aliphatic rings. The van der Waals surface area contributed by atoms with Crippen LogP contribution in [0.1, 0.15) is 38.7 Å². The predicted octanol–water partition coefficient (Wildman–Crippen LogP) is 8.01. The summed E-state index contributed by atoms with van der Waals surface area (Å²) in [7, 11) is 0. The quantitative estimate of drug-likeness (QED) is 0.387. The van der Waals surface area contributed by atoms with E-state index >= 15 is 0 Å². The van der Waals surface area contributed by atoms with Crippen molar-refractivity contribution in [1.29, 1.82) is 0 Å². The second-order valence-electron chi connectivity index (χ2n) is 7.06. The summed E-state index contributed by atoms with van der Waals surface area (Å²) in [6.07, 6.45) is 23.7. The first-order chi connectivity index (χ1) is 13.7. The van der Waals surface area contributed by atoms with Crippen molar-refractivity contribution in [2.24, 2.45) is 0 Å². The highest BCUT2D eigenvalue weighted by Crippen LogP contribution is 2.23. The van der Waals surface area contributed by atoms with E-state index in [1.54, 1.807) is 0 Å². The van der Waals surface area contributed by atoms with Crippen molar-refractivity contribution in [3.8, 4) is 0 Å². The van der Waals surface area contributed by atoms with Crippen LogP contribution in [0.4, 0.5) is 0 Å². The Morgan fingerprint density at radius 3 is 2.00 bits per heavy atom. The van der Waals surface area contributed by atoms with Crippen molar-refractivity contribution in [2.75, 3.05) is 0 Å². The molecule has 0 amide bonds. The molecule has 0 heterocycles. The smallest absolute Gasteiger partial charge is 0.00942 e. The van der Waals surface area contributed by atoms with Crippen molar-refractivity contribution in [1.82, 2.24) is 0 Å². The first-order valence-corrected chi connectivity index (χ1v) is 10.0. The van der Waals surface area contributed by atoms with Gasteiger partial charge in [0, 0.05) is 0 Å². The second-order valence-corrected chi connectivity index (χ2v) is 7.06. The fraction of sp³-hybridized carbons (Fsp3) is 0.214. The van der Waals surface area contributed by atoms with Crippen molar-refractivity contribution < 1.29 is 0 Å². The van der Waals surface area contributed by atoms with E-state index in [1.165, 1.54) is 22.3 Å². The molecule has 0 saturated carbocycles. The zero-order chi connectivity index (χ0) is 20.2. The van der Waals surface area contributed by atoms with Crippen LogP contribution in [0.3, 0.4) is 0 Å². The van der Waals surface area contributed by atoms with E-state index in [1.807, 2.05) is 18.2 Å². The van der Waals surface area contributed by atoms with Gasteiger partial charge in [0.05, 0.1) is 0 Å². The summed E-state index contributed by atoms with van der Waals surface area (Å²) in [6, 6.07) is 10.5. The predicted molar refractivity (Wildman–Crippen MR) is 125 cm³/mol. The first kappa shape index (κ1) is 21.4. The van der Waals surface area contributed by atoms with E-state index < -0.39 is 0 Å². The minimum atomic E-state index is 0.928. The summed E-state index contributed by atoms with van der Waals surface area (Å²) >= 11 is 0. The van der Waals surface area contributed by atoms with E-state index in [-0.39, 0.29) is 0 Å². The van der Waals surface area contributed by atoms with E-state index in [0.29, 0.717) is 0 Å². The highest BCUT2D eigenvalue weighted by Gasteiger charge is 2.04. The van der Waals surface area contributed by atoms with Crippen LogP contribution in [0, 0.1) is 0 Å². The van der Waals surface area contributed by atoms with Gasteiger partial charge in [-0.05, 0) is 73.0 Å². The van der Waals surface area contributed by atoms with Crippen LogP contribution >= 0.6 is 0 Å². The lowest BCUT2D eigenvalue weighted by atomic mass is 9.95. The van der Waals surface area contributed by atoms with Gasteiger partial charge in [-0.3, -0.25) is 0 Å². The number of hydrogen-bond acceptors (Lipinski definition) is 0. The molecule has 0 nitrogen and oxygen atoms in total. The van der Waals surface area contributed by atoms with Crippen LogP contribution < -0.4 is 0 Å². The lowest BCUT2D eigenvalue weighted by molar-refractivity contribution is 1.00. The molecule has 0 spiro atoms. The monoisotopic (exact) mass is 368 g/mol. The first-order valence-electron chi connectivity index (χ1n) is 10.0. The standard InChI is InChI=1S/C28H32/c1-5-27(23(3)15-13-21-25-17-9-7-10-18-25)28(6-2)24(4)16-14-22-26-19-11-8-12-20-26/h5-7,9-11,13-20H,1-2,8,12,21-22H2,3-4H3/b15-13-,16-14-,27-23+,28-24+. The van der Waals surface area contributed by atoms with Crippen LogP contribution in [0.5, 0.6) is 0 Å². The minimum absolute atomic E-state index is 0.928. The average Bonchev–Trinajstić information content (AvgIpc) is 2.73. The SMILES string of the molecule is C=CC(=C(C)\C=C/CC1=CCCC=C1)/C(C=C)=C(C)/C=C\Cc1ccccc1. The third-order valence-electron chi connectivity index (χ3n) is 4.91. The molecule has 0 atom stereocenters. The largest absolute Gasteiger partial charge is 0.0984 e. The van der Waals surface area contributed by atoms with Gasteiger partial charge in [0.2, 0.25) is 0 Å². The Bertz CT molecular complexity index is 849. The van der Waals surface area contributed by atoms with Crippen LogP contribution in [-0.4, -0.2) is 0 Å². The van der Waals surface area contributed by atoms with Gasteiger partial charge in [-0.1, -0.05) is 98.2 Å². The molecule has 144 valence electrons. The summed E-state index contributed by atoms with van der Waals surface area (Å²) in [5.41, 5.74) is 7.40. The minimum Gasteiger partial charge on any atom is -0.0984 e. The summed E-state index contributed by atoms with van der Waals surface area (Å²) < 4.78 is 0. The third kappa shape index (κ3) is 6.70. The maximum atomic E-state index is 4.04. The lowest BCUT2D eigenvalue weighted by Gasteiger charge is -2.10. The number of hydrogen-bond donors (Lipinski definition) is 0. The van der Waals surface area contributed by atoms with E-state index in [2.05, 4.69) is 93.8 Å². The Kier molecular flexibility index (Phi) is 9.01. The maximum Gasteiger partial charge on any atom is -0.00942 e. The van der Waals surface area contributed by atoms with Crippen molar-refractivity contribution in [3.05, 3.63) is 132 Å². The highest BCUT2D eigenvalue weighted by atomic mass is 14.1. The molecule has 0 heteroatoms. The van der Waals surface area contributed by atoms with Gasteiger partial charge >= 0.3 is 0 Å². The topological polar surface area (TPSA) is 0 Å². The molecule has 0 bridgehead atoms. The highest BCUT2D eigenvalue weighted by molar-refractivity contribution is 5.54. The summed E-state index contributed by atoms with van der Waals surface area (Å²) in [4.78, 5) is 0. The number of allylic oxidation sites excluding steroid dienone is 14. The van der Waals surface area contributed by atoms with Gasteiger partial charge in [-0.2, -0.15) is 0 Å². The molecule has 1 aromatic carbocycles. The van der Waals surface area contributed by atoms with E-state index in [9.17, 15) is 0 Å². The molecule has 0 N–H and O–H groups in total. The van der Waals surface area contributed by atoms with Crippen molar-refractivity contribution in [2.45, 2.75) is 39.5 Å². The molecule has 0 saturated heterocycles. The molecule has 2 rings (SSSR count). The number of benzene rings is 1. The molecule has 28 heavy (non-hydrogen) atoms. The lowest BCUT2D eigenvalue weighted by Crippen LogP contribution is -1.91. The normalized spacial score (nSPS) is 16.0. The molecule has 1 aliphatic carbocycles. The van der Waals surface area contributed by atoms with Crippen molar-refractivity contribution >= 4 is 0 Å². The Morgan fingerprint density at radius 1 is 0.857 bits per heavy atom.